The Kier molecular flexibility index (Phi) is 1.57. The Labute approximate surface area is 72.5 Å². The van der Waals surface area contributed by atoms with Crippen LogP contribution in [0.4, 0.5) is 5.95 Å². The highest BCUT2D eigenvalue weighted by Crippen LogP contribution is 2.37. The Balaban J connectivity index is 2.50. The van der Waals surface area contributed by atoms with E-state index in [1.54, 1.807) is 0 Å². The van der Waals surface area contributed by atoms with Gasteiger partial charge in [-0.25, -0.2) is 0 Å². The number of aromatic nitrogens is 3. The van der Waals surface area contributed by atoms with E-state index in [9.17, 15) is 14.9 Å². The monoisotopic (exact) mass is 182 g/mol. The minimum Gasteiger partial charge on any atom is -0.390 e. The summed E-state index contributed by atoms with van der Waals surface area (Å²) in [6.07, 6.45) is 2.18. The number of nitro groups is 1. The van der Waals surface area contributed by atoms with E-state index in [1.807, 2.05) is 0 Å². The quantitative estimate of drug-likeness (QED) is 0.381. The van der Waals surface area contributed by atoms with Crippen molar-refractivity contribution in [3.63, 3.8) is 0 Å². The number of aldehydes is 1. The number of hydrogen-bond acceptors (Lipinski definition) is 5. The van der Waals surface area contributed by atoms with Crippen LogP contribution in [-0.2, 0) is 0 Å². The first kappa shape index (κ1) is 7.84. The summed E-state index contributed by atoms with van der Waals surface area (Å²) >= 11 is 0. The van der Waals surface area contributed by atoms with Crippen molar-refractivity contribution in [1.82, 2.24) is 14.8 Å². The van der Waals surface area contributed by atoms with Crippen LogP contribution < -0.4 is 0 Å². The van der Waals surface area contributed by atoms with Gasteiger partial charge in [0.2, 0.25) is 6.29 Å². The van der Waals surface area contributed by atoms with Gasteiger partial charge in [0.05, 0.1) is 11.1 Å². The minimum atomic E-state index is -0.627. The smallest absolute Gasteiger partial charge is 0.390 e. The number of nitrogens with zero attached hydrogens (tertiary/aromatic N) is 4. The highest BCUT2D eigenvalue weighted by molar-refractivity contribution is 5.69. The fourth-order valence-electron chi connectivity index (χ4n) is 1.18. The van der Waals surface area contributed by atoms with Crippen LogP contribution in [0.3, 0.4) is 0 Å². The summed E-state index contributed by atoms with van der Waals surface area (Å²) in [5.41, 5.74) is 0. The summed E-state index contributed by atoms with van der Waals surface area (Å²) in [5, 5.41) is 17.2. The van der Waals surface area contributed by atoms with E-state index in [4.69, 9.17) is 0 Å². The van der Waals surface area contributed by atoms with Crippen molar-refractivity contribution in [3.05, 3.63) is 15.9 Å². The van der Waals surface area contributed by atoms with Gasteiger partial charge in [-0.2, -0.15) is 4.57 Å². The van der Waals surface area contributed by atoms with Crippen LogP contribution in [0.15, 0.2) is 0 Å². The molecule has 2 rings (SSSR count). The first-order valence-electron chi connectivity index (χ1n) is 3.78. The maximum Gasteiger partial charge on any atom is 0.459 e. The Hall–Kier alpha value is -1.79. The van der Waals surface area contributed by atoms with Crippen LogP contribution in [0.2, 0.25) is 0 Å². The first-order valence-corrected chi connectivity index (χ1v) is 3.78. The van der Waals surface area contributed by atoms with Crippen molar-refractivity contribution >= 4 is 12.2 Å². The number of hydrogen-bond donors (Lipinski definition) is 0. The van der Waals surface area contributed by atoms with E-state index in [1.165, 1.54) is 4.57 Å². The molecule has 1 fully saturated rings. The molecule has 0 spiro atoms. The molecule has 1 aromatic heterocycles. The van der Waals surface area contributed by atoms with Crippen molar-refractivity contribution < 1.29 is 9.72 Å². The Morgan fingerprint density at radius 2 is 2.23 bits per heavy atom. The van der Waals surface area contributed by atoms with Crippen molar-refractivity contribution in [1.29, 1.82) is 0 Å². The van der Waals surface area contributed by atoms with Crippen LogP contribution in [0.25, 0.3) is 0 Å². The Morgan fingerprint density at radius 3 is 2.69 bits per heavy atom. The minimum absolute atomic E-state index is 0.0363. The van der Waals surface area contributed by atoms with Crippen LogP contribution in [0, 0.1) is 10.1 Å². The molecule has 7 heteroatoms. The zero-order valence-electron chi connectivity index (χ0n) is 6.58. The Bertz CT molecular complexity index is 368. The van der Waals surface area contributed by atoms with Crippen LogP contribution >= 0.6 is 0 Å². The lowest BCUT2D eigenvalue weighted by atomic mass is 10.6. The molecule has 1 aliphatic carbocycles. The molecule has 1 aliphatic rings. The SMILES string of the molecule is O=Cc1nnc([N+](=O)[O-])n1C1CC1. The molecule has 0 radical (unpaired) electrons. The predicted octanol–water partition coefficient (Wildman–Crippen LogP) is 0.334. The molecule has 1 saturated carbocycles. The molecule has 0 saturated heterocycles. The van der Waals surface area contributed by atoms with E-state index in [0.717, 1.165) is 12.8 Å². The molecule has 1 aromatic rings. The van der Waals surface area contributed by atoms with Crippen LogP contribution in [0.5, 0.6) is 0 Å². The number of carbonyl (C=O) groups excluding carboxylic acids is 1. The van der Waals surface area contributed by atoms with Gasteiger partial charge in [-0.1, -0.05) is 0 Å². The van der Waals surface area contributed by atoms with Gasteiger partial charge in [-0.05, 0) is 22.9 Å². The maximum absolute atomic E-state index is 10.4. The summed E-state index contributed by atoms with van der Waals surface area (Å²) in [7, 11) is 0. The van der Waals surface area contributed by atoms with Gasteiger partial charge in [0.1, 0.15) is 0 Å². The largest absolute Gasteiger partial charge is 0.459 e. The van der Waals surface area contributed by atoms with Gasteiger partial charge < -0.3 is 10.1 Å². The van der Waals surface area contributed by atoms with Gasteiger partial charge in [0.15, 0.2) is 0 Å². The average molecular weight is 182 g/mol. The van der Waals surface area contributed by atoms with Crippen molar-refractivity contribution in [3.8, 4) is 0 Å². The highest BCUT2D eigenvalue weighted by Gasteiger charge is 2.36. The van der Waals surface area contributed by atoms with E-state index < -0.39 is 4.92 Å². The summed E-state index contributed by atoms with van der Waals surface area (Å²) in [4.78, 5) is 20.3. The lowest BCUT2D eigenvalue weighted by molar-refractivity contribution is -0.397. The molecule has 0 aromatic carbocycles. The van der Waals surface area contributed by atoms with Crippen molar-refractivity contribution in [2.24, 2.45) is 0 Å². The normalized spacial score (nSPS) is 15.7. The van der Waals surface area contributed by atoms with E-state index in [2.05, 4.69) is 10.2 Å². The van der Waals surface area contributed by atoms with E-state index >= 15 is 0 Å². The predicted molar refractivity (Wildman–Crippen MR) is 40.3 cm³/mol. The van der Waals surface area contributed by atoms with Crippen LogP contribution in [0.1, 0.15) is 29.5 Å². The molecular formula is C6H6N4O3. The first-order chi connectivity index (χ1) is 6.24. The average Bonchev–Trinajstić information content (AvgIpc) is 2.84. The summed E-state index contributed by atoms with van der Waals surface area (Å²) in [5.74, 6) is -0.307. The van der Waals surface area contributed by atoms with Gasteiger partial charge in [0.25, 0.3) is 5.82 Å². The molecule has 0 unspecified atom stereocenters. The van der Waals surface area contributed by atoms with Crippen LogP contribution in [-0.4, -0.2) is 26.0 Å². The molecular weight excluding hydrogens is 176 g/mol. The van der Waals surface area contributed by atoms with E-state index in [-0.39, 0.29) is 17.8 Å². The summed E-state index contributed by atoms with van der Waals surface area (Å²) in [6.45, 7) is 0. The fourth-order valence-corrected chi connectivity index (χ4v) is 1.18. The molecule has 7 nitrogen and oxygen atoms in total. The summed E-state index contributed by atoms with van der Waals surface area (Å²) < 4.78 is 1.28. The molecule has 0 aliphatic heterocycles. The van der Waals surface area contributed by atoms with Gasteiger partial charge in [-0.3, -0.25) is 4.79 Å². The molecule has 0 bridgehead atoms. The third-order valence-corrected chi connectivity index (χ3v) is 1.88. The summed E-state index contributed by atoms with van der Waals surface area (Å²) in [6, 6.07) is 0.0376. The molecule has 0 atom stereocenters. The third kappa shape index (κ3) is 1.17. The fraction of sp³-hybridized carbons (Fsp3) is 0.500. The second kappa shape index (κ2) is 2.61. The molecule has 1 heterocycles. The third-order valence-electron chi connectivity index (χ3n) is 1.88. The van der Waals surface area contributed by atoms with Crippen molar-refractivity contribution in [2.45, 2.75) is 18.9 Å². The molecule has 68 valence electrons. The van der Waals surface area contributed by atoms with Gasteiger partial charge in [0, 0.05) is 0 Å². The zero-order valence-corrected chi connectivity index (χ0v) is 6.58. The standard InChI is InChI=1S/C6H6N4O3/c11-3-5-7-8-6(10(12)13)9(5)4-1-2-4/h3-4H,1-2H2. The molecule has 13 heavy (non-hydrogen) atoms. The van der Waals surface area contributed by atoms with Crippen molar-refractivity contribution in [2.75, 3.05) is 0 Å². The highest BCUT2D eigenvalue weighted by atomic mass is 16.6. The van der Waals surface area contributed by atoms with E-state index in [0.29, 0.717) is 6.29 Å². The second-order valence-electron chi connectivity index (χ2n) is 2.83. The van der Waals surface area contributed by atoms with Gasteiger partial charge >= 0.3 is 5.95 Å². The molecule has 0 amide bonds. The molecule has 0 N–H and O–H groups in total. The number of carbonyl (C=O) groups is 1. The topological polar surface area (TPSA) is 90.9 Å². The Morgan fingerprint density at radius 1 is 1.54 bits per heavy atom. The lowest BCUT2D eigenvalue weighted by Gasteiger charge is -1.96. The lowest BCUT2D eigenvalue weighted by Crippen LogP contribution is -2.04. The van der Waals surface area contributed by atoms with Gasteiger partial charge in [-0.15, -0.1) is 0 Å². The second-order valence-corrected chi connectivity index (χ2v) is 2.83. The zero-order chi connectivity index (χ0) is 9.42. The maximum atomic E-state index is 10.4. The number of rotatable bonds is 3.